The van der Waals surface area contributed by atoms with Gasteiger partial charge in [-0.3, -0.25) is 0 Å². The van der Waals surface area contributed by atoms with Crippen molar-refractivity contribution in [3.8, 4) is 0 Å². The van der Waals surface area contributed by atoms with E-state index >= 15 is 0 Å². The second-order valence-electron chi connectivity index (χ2n) is 11.6. The fraction of sp³-hybridized carbons (Fsp3) is 0.552. The number of allylic oxidation sites excluding steroid dienone is 6. The van der Waals surface area contributed by atoms with Gasteiger partial charge < -0.3 is 32.2 Å². The first-order valence-corrected chi connectivity index (χ1v) is 16.9. The Hall–Kier alpha value is -1.63. The van der Waals surface area contributed by atoms with E-state index in [-0.39, 0.29) is 22.3 Å². The van der Waals surface area contributed by atoms with E-state index in [0.29, 0.717) is 25.8 Å². The number of hydrogen-bond acceptors (Lipinski definition) is 7. The molecule has 1 aromatic rings. The number of unbranched alkanes of at least 4 members (excludes halogenated alkanes) is 2. The van der Waals surface area contributed by atoms with E-state index in [1.165, 1.54) is 11.3 Å². The van der Waals surface area contributed by atoms with Crippen molar-refractivity contribution >= 4 is 33.1 Å². The molecule has 3 rings (SSSR count). The summed E-state index contributed by atoms with van der Waals surface area (Å²) >= 11 is 0. The van der Waals surface area contributed by atoms with Crippen LogP contribution in [0.1, 0.15) is 65.4 Å². The highest BCUT2D eigenvalue weighted by molar-refractivity contribution is 8.19. The molecule has 0 amide bonds. The van der Waals surface area contributed by atoms with Crippen LogP contribution in [0, 0.1) is 5.41 Å². The average molecular weight is 582 g/mol. The monoisotopic (exact) mass is 581 g/mol. The molecule has 0 saturated carbocycles. The molecule has 4 N–H and O–H groups in total. The molecule has 0 radical (unpaired) electrons. The summed E-state index contributed by atoms with van der Waals surface area (Å²) in [5, 5.41) is 0. The lowest BCUT2D eigenvalue weighted by Gasteiger charge is -2.33. The quantitative estimate of drug-likeness (QED) is 0.112. The lowest BCUT2D eigenvalue weighted by Crippen LogP contribution is -2.27. The second kappa shape index (κ2) is 12.9. The van der Waals surface area contributed by atoms with E-state index in [9.17, 15) is 18.2 Å². The smallest absolute Gasteiger partial charge is 0.181 e. The minimum Gasteiger partial charge on any atom is -0.773 e. The normalized spacial score (nSPS) is 21.1. The van der Waals surface area contributed by atoms with Crippen LogP contribution in [-0.2, 0) is 5.41 Å². The van der Waals surface area contributed by atoms with Gasteiger partial charge in [-0.15, -0.1) is 21.7 Å². The first kappa shape index (κ1) is 31.9. The standard InChI is InChI=1S/C29H46N2O6S2/c1-28(2)18-21-30(19-10-12-22-38(32,33)34)26(28)16-6-5-7-17-27-29(3,4)24-14-8-9-15-25(24)31(27)20-11-13-23-39(35,36)37/h5-9,14-17H,10-13,18-23H2,1-4H3,(H5-,32,33,34,35,36,37)/p-1. The number of rotatable bonds is 13. The highest BCUT2D eigenvalue weighted by Gasteiger charge is 2.39. The summed E-state index contributed by atoms with van der Waals surface area (Å²) in [5.74, 6) is -0.210. The molecule has 0 unspecified atom stereocenters. The van der Waals surface area contributed by atoms with Crippen LogP contribution < -0.4 is 4.90 Å². The number of para-hydroxylation sites is 1. The van der Waals surface area contributed by atoms with Crippen molar-refractivity contribution in [1.82, 2.24) is 0 Å². The van der Waals surface area contributed by atoms with Gasteiger partial charge in [0.2, 0.25) is 0 Å². The van der Waals surface area contributed by atoms with Crippen LogP contribution in [0.15, 0.2) is 60.3 Å². The van der Waals surface area contributed by atoms with Crippen molar-refractivity contribution in [2.24, 2.45) is 5.41 Å². The molecule has 0 saturated heterocycles. The molecule has 0 fully saturated rings. The molecule has 0 atom stereocenters. The minimum atomic E-state index is -3.71. The lowest BCUT2D eigenvalue weighted by molar-refractivity contribution is -0.519. The average Bonchev–Trinajstić information content (AvgIpc) is 3.22. The maximum absolute atomic E-state index is 11.2. The molecule has 2 aliphatic heterocycles. The fourth-order valence-corrected chi connectivity index (χ4v) is 6.71. The van der Waals surface area contributed by atoms with E-state index in [4.69, 9.17) is 9.11 Å². The molecule has 0 aliphatic carbocycles. The SMILES string of the molecule is CC1(C)CC[N+](CCCCS([O-])(O)O)=C1C=CC=CC=C1N(CCCCS([O-])(O)O)c2ccccc2C1(C)C. The zero-order valence-corrected chi connectivity index (χ0v) is 25.2. The second-order valence-corrected chi connectivity index (χ2v) is 14.9. The largest absolute Gasteiger partial charge is 0.773 e. The zero-order chi connectivity index (χ0) is 28.9. The van der Waals surface area contributed by atoms with Crippen molar-refractivity contribution in [3.05, 3.63) is 65.9 Å². The Balaban J connectivity index is 1.72. The van der Waals surface area contributed by atoms with Gasteiger partial charge in [-0.2, -0.15) is 0 Å². The van der Waals surface area contributed by atoms with Crippen LogP contribution in [0.2, 0.25) is 0 Å². The van der Waals surface area contributed by atoms with Crippen molar-refractivity contribution in [3.63, 3.8) is 0 Å². The molecular weight excluding hydrogens is 536 g/mol. The number of anilines is 1. The van der Waals surface area contributed by atoms with Crippen molar-refractivity contribution < 1.29 is 31.9 Å². The highest BCUT2D eigenvalue weighted by atomic mass is 32.3. The minimum absolute atomic E-state index is 0.0444. The summed E-state index contributed by atoms with van der Waals surface area (Å²) in [4.78, 5) is 2.27. The number of fused-ring (bicyclic) bond motifs is 1. The lowest BCUT2D eigenvalue weighted by atomic mass is 9.84. The summed E-state index contributed by atoms with van der Waals surface area (Å²) in [5.41, 5.74) is 4.63. The maximum Gasteiger partial charge on any atom is 0.181 e. The third kappa shape index (κ3) is 8.93. The number of hydrogen-bond donors (Lipinski definition) is 4. The predicted molar refractivity (Wildman–Crippen MR) is 162 cm³/mol. The van der Waals surface area contributed by atoms with Crippen LogP contribution in [-0.4, -0.2) is 68.7 Å². The number of nitrogens with zero attached hydrogens (tertiary/aromatic N) is 2. The van der Waals surface area contributed by atoms with Gasteiger partial charge in [0.1, 0.15) is 13.1 Å². The molecule has 10 heteroatoms. The van der Waals surface area contributed by atoms with Gasteiger partial charge in [0.15, 0.2) is 5.71 Å². The molecule has 220 valence electrons. The Bertz CT molecular complexity index is 1110. The molecule has 8 nitrogen and oxygen atoms in total. The first-order chi connectivity index (χ1) is 18.1. The highest BCUT2D eigenvalue weighted by Crippen LogP contribution is 2.47. The van der Waals surface area contributed by atoms with E-state index in [0.717, 1.165) is 37.3 Å². The van der Waals surface area contributed by atoms with Crippen LogP contribution >= 0.6 is 21.7 Å². The van der Waals surface area contributed by atoms with Crippen molar-refractivity contribution in [2.45, 2.75) is 65.2 Å². The van der Waals surface area contributed by atoms with Crippen LogP contribution in [0.4, 0.5) is 5.69 Å². The maximum atomic E-state index is 11.2. The van der Waals surface area contributed by atoms with E-state index in [1.54, 1.807) is 0 Å². The molecule has 2 heterocycles. The van der Waals surface area contributed by atoms with Crippen LogP contribution in [0.3, 0.4) is 0 Å². The van der Waals surface area contributed by atoms with Gasteiger partial charge in [-0.05, 0) is 50.8 Å². The Labute approximate surface area is 237 Å². The molecular formula is C29H45N2O6S2-. The summed E-state index contributed by atoms with van der Waals surface area (Å²) < 4.78 is 61.2. The Morgan fingerprint density at radius 2 is 1.54 bits per heavy atom. The third-order valence-corrected chi connectivity index (χ3v) is 9.34. The summed E-state index contributed by atoms with van der Waals surface area (Å²) in [6.45, 7) is 11.3. The molecule has 1 aromatic carbocycles. The Morgan fingerprint density at radius 3 is 2.21 bits per heavy atom. The molecule has 0 spiro atoms. The van der Waals surface area contributed by atoms with E-state index in [1.807, 2.05) is 24.3 Å². The van der Waals surface area contributed by atoms with Crippen LogP contribution in [0.5, 0.6) is 0 Å². The van der Waals surface area contributed by atoms with Gasteiger partial charge in [0, 0.05) is 53.8 Å². The van der Waals surface area contributed by atoms with E-state index in [2.05, 4.69) is 67.5 Å². The third-order valence-electron chi connectivity index (χ3n) is 7.70. The summed E-state index contributed by atoms with van der Waals surface area (Å²) in [6.07, 6.45) is 13.8. The van der Waals surface area contributed by atoms with Gasteiger partial charge in [-0.25, -0.2) is 4.58 Å². The van der Waals surface area contributed by atoms with E-state index < -0.39 is 21.7 Å². The Morgan fingerprint density at radius 1 is 0.897 bits per heavy atom. The van der Waals surface area contributed by atoms with Crippen molar-refractivity contribution in [2.75, 3.05) is 36.0 Å². The fourth-order valence-electron chi connectivity index (χ4n) is 5.55. The first-order valence-electron chi connectivity index (χ1n) is 13.6. The molecule has 0 aromatic heterocycles. The van der Waals surface area contributed by atoms with Gasteiger partial charge >= 0.3 is 0 Å². The summed E-state index contributed by atoms with van der Waals surface area (Å²) in [6, 6.07) is 8.32. The molecule has 39 heavy (non-hydrogen) atoms. The molecule has 0 bridgehead atoms. The van der Waals surface area contributed by atoms with Gasteiger partial charge in [-0.1, -0.05) is 50.3 Å². The topological polar surface area (TPSA) is 133 Å². The number of benzene rings is 1. The molecule has 2 aliphatic rings. The van der Waals surface area contributed by atoms with Gasteiger partial charge in [0.25, 0.3) is 0 Å². The summed E-state index contributed by atoms with van der Waals surface area (Å²) in [7, 11) is -7.37. The van der Waals surface area contributed by atoms with Crippen molar-refractivity contribution in [1.29, 1.82) is 0 Å². The van der Waals surface area contributed by atoms with Gasteiger partial charge in [0.05, 0.1) is 5.41 Å². The zero-order valence-electron chi connectivity index (χ0n) is 23.6. The Kier molecular flexibility index (Phi) is 10.6. The van der Waals surface area contributed by atoms with Crippen LogP contribution in [0.25, 0.3) is 0 Å². The predicted octanol–water partition coefficient (Wildman–Crippen LogP) is 6.99.